The first-order chi connectivity index (χ1) is 8.19. The molecule has 0 aromatic carbocycles. The van der Waals surface area contributed by atoms with Gasteiger partial charge in [0.05, 0.1) is 6.20 Å². The lowest BCUT2D eigenvalue weighted by molar-refractivity contribution is 0.270. The zero-order valence-corrected chi connectivity index (χ0v) is 11.2. The SMILES string of the molecule is C=Cn1cc(CNC(C)CN(CC)CC)cn1. The van der Waals surface area contributed by atoms with Gasteiger partial charge in [0.1, 0.15) is 0 Å². The molecule has 1 atom stereocenters. The summed E-state index contributed by atoms with van der Waals surface area (Å²) in [6.07, 6.45) is 5.56. The minimum absolute atomic E-state index is 0.488. The van der Waals surface area contributed by atoms with Crippen molar-refractivity contribution in [2.45, 2.75) is 33.4 Å². The van der Waals surface area contributed by atoms with Gasteiger partial charge in [-0.25, -0.2) is 4.68 Å². The summed E-state index contributed by atoms with van der Waals surface area (Å²) in [6, 6.07) is 0.488. The number of hydrogen-bond acceptors (Lipinski definition) is 3. The molecule has 0 fully saturated rings. The Bertz CT molecular complexity index is 328. The third-order valence-electron chi connectivity index (χ3n) is 2.92. The Morgan fingerprint density at radius 2 is 2.24 bits per heavy atom. The fourth-order valence-corrected chi connectivity index (χ4v) is 1.79. The van der Waals surface area contributed by atoms with Crippen molar-refractivity contribution in [3.05, 3.63) is 24.5 Å². The van der Waals surface area contributed by atoms with Crippen LogP contribution in [0.3, 0.4) is 0 Å². The Labute approximate surface area is 104 Å². The molecule has 17 heavy (non-hydrogen) atoms. The van der Waals surface area contributed by atoms with Gasteiger partial charge in [0, 0.05) is 37.1 Å². The minimum atomic E-state index is 0.488. The lowest BCUT2D eigenvalue weighted by atomic mass is 10.2. The molecule has 4 heteroatoms. The smallest absolute Gasteiger partial charge is 0.0538 e. The molecule has 1 aromatic rings. The molecule has 96 valence electrons. The Balaban J connectivity index is 2.32. The molecular formula is C13H24N4. The summed E-state index contributed by atoms with van der Waals surface area (Å²) >= 11 is 0. The number of nitrogens with one attached hydrogen (secondary N) is 1. The lowest BCUT2D eigenvalue weighted by Crippen LogP contribution is -2.38. The summed E-state index contributed by atoms with van der Waals surface area (Å²) in [5, 5.41) is 7.66. The molecule has 0 aliphatic carbocycles. The molecule has 1 aromatic heterocycles. The zero-order chi connectivity index (χ0) is 12.7. The summed E-state index contributed by atoms with van der Waals surface area (Å²) in [7, 11) is 0. The van der Waals surface area contributed by atoms with Gasteiger partial charge in [0.25, 0.3) is 0 Å². The van der Waals surface area contributed by atoms with Gasteiger partial charge in [0.15, 0.2) is 0 Å². The Kier molecular flexibility index (Phi) is 5.94. The van der Waals surface area contributed by atoms with Crippen LogP contribution < -0.4 is 5.32 Å². The molecular weight excluding hydrogens is 212 g/mol. The van der Waals surface area contributed by atoms with Crippen molar-refractivity contribution in [2.75, 3.05) is 19.6 Å². The van der Waals surface area contributed by atoms with Crippen LogP contribution in [0, 0.1) is 0 Å². The van der Waals surface area contributed by atoms with Gasteiger partial charge in [-0.05, 0) is 20.0 Å². The number of likely N-dealkylation sites (N-methyl/N-ethyl adjacent to an activating group) is 1. The first-order valence-corrected chi connectivity index (χ1v) is 6.30. The van der Waals surface area contributed by atoms with E-state index >= 15 is 0 Å². The average molecular weight is 236 g/mol. The van der Waals surface area contributed by atoms with Crippen LogP contribution in [0.5, 0.6) is 0 Å². The van der Waals surface area contributed by atoms with E-state index in [0.717, 1.165) is 26.2 Å². The highest BCUT2D eigenvalue weighted by molar-refractivity contribution is 5.17. The lowest BCUT2D eigenvalue weighted by Gasteiger charge is -2.23. The van der Waals surface area contributed by atoms with E-state index in [0.29, 0.717) is 6.04 Å². The van der Waals surface area contributed by atoms with Crippen molar-refractivity contribution in [2.24, 2.45) is 0 Å². The predicted octanol–water partition coefficient (Wildman–Crippen LogP) is 1.80. The molecule has 0 spiro atoms. The summed E-state index contributed by atoms with van der Waals surface area (Å²) < 4.78 is 1.73. The first-order valence-electron chi connectivity index (χ1n) is 6.30. The third kappa shape index (κ3) is 4.71. The third-order valence-corrected chi connectivity index (χ3v) is 2.92. The standard InChI is InChI=1S/C13H24N4/c1-5-16(6-2)10-12(4)14-8-13-9-15-17(7-3)11-13/h7,9,11-12,14H,3,5-6,8,10H2,1-2,4H3. The fourth-order valence-electron chi connectivity index (χ4n) is 1.79. The number of rotatable bonds is 8. The van der Waals surface area contributed by atoms with E-state index in [1.807, 2.05) is 12.4 Å². The minimum Gasteiger partial charge on any atom is -0.309 e. The molecule has 1 rings (SSSR count). The van der Waals surface area contributed by atoms with Crippen LogP contribution in [0.4, 0.5) is 0 Å². The van der Waals surface area contributed by atoms with Crippen molar-refractivity contribution < 1.29 is 0 Å². The monoisotopic (exact) mass is 236 g/mol. The van der Waals surface area contributed by atoms with Crippen molar-refractivity contribution in [3.63, 3.8) is 0 Å². The van der Waals surface area contributed by atoms with Crippen LogP contribution in [0.15, 0.2) is 19.0 Å². The molecule has 0 saturated carbocycles. The Morgan fingerprint density at radius 1 is 1.53 bits per heavy atom. The quantitative estimate of drug-likeness (QED) is 0.747. The van der Waals surface area contributed by atoms with Crippen molar-refractivity contribution >= 4 is 6.20 Å². The normalized spacial score (nSPS) is 12.9. The molecule has 0 saturated heterocycles. The summed E-state index contributed by atoms with van der Waals surface area (Å²) in [4.78, 5) is 2.42. The highest BCUT2D eigenvalue weighted by Gasteiger charge is 2.06. The average Bonchev–Trinajstić information content (AvgIpc) is 2.81. The van der Waals surface area contributed by atoms with Gasteiger partial charge in [-0.2, -0.15) is 5.10 Å². The molecule has 4 nitrogen and oxygen atoms in total. The van der Waals surface area contributed by atoms with E-state index in [4.69, 9.17) is 0 Å². The largest absolute Gasteiger partial charge is 0.309 e. The topological polar surface area (TPSA) is 33.1 Å². The van der Waals surface area contributed by atoms with Gasteiger partial charge < -0.3 is 10.2 Å². The van der Waals surface area contributed by atoms with E-state index in [9.17, 15) is 0 Å². The number of hydrogen-bond donors (Lipinski definition) is 1. The molecule has 0 aliphatic rings. The van der Waals surface area contributed by atoms with E-state index < -0.39 is 0 Å². The second-order valence-corrected chi connectivity index (χ2v) is 4.28. The summed E-state index contributed by atoms with van der Waals surface area (Å²) in [5.41, 5.74) is 1.19. The maximum Gasteiger partial charge on any atom is 0.0538 e. The summed E-state index contributed by atoms with van der Waals surface area (Å²) in [6.45, 7) is 14.4. The molecule has 0 radical (unpaired) electrons. The van der Waals surface area contributed by atoms with E-state index in [-0.39, 0.29) is 0 Å². The Hall–Kier alpha value is -1.13. The highest BCUT2D eigenvalue weighted by atomic mass is 15.2. The molecule has 1 N–H and O–H groups in total. The number of aromatic nitrogens is 2. The first kappa shape index (κ1) is 13.9. The molecule has 1 heterocycles. The predicted molar refractivity (Wildman–Crippen MR) is 72.7 cm³/mol. The van der Waals surface area contributed by atoms with Crippen LogP contribution >= 0.6 is 0 Å². The highest BCUT2D eigenvalue weighted by Crippen LogP contribution is 1.99. The van der Waals surface area contributed by atoms with Gasteiger partial charge in [0.2, 0.25) is 0 Å². The molecule has 1 unspecified atom stereocenters. The van der Waals surface area contributed by atoms with Crippen LogP contribution in [-0.2, 0) is 6.54 Å². The van der Waals surface area contributed by atoms with Gasteiger partial charge >= 0.3 is 0 Å². The van der Waals surface area contributed by atoms with Crippen LogP contribution in [0.1, 0.15) is 26.3 Å². The summed E-state index contributed by atoms with van der Waals surface area (Å²) in [5.74, 6) is 0. The van der Waals surface area contributed by atoms with Crippen molar-refractivity contribution in [3.8, 4) is 0 Å². The van der Waals surface area contributed by atoms with Gasteiger partial charge in [-0.15, -0.1) is 0 Å². The maximum absolute atomic E-state index is 4.15. The van der Waals surface area contributed by atoms with Crippen LogP contribution in [-0.4, -0.2) is 40.4 Å². The van der Waals surface area contributed by atoms with Crippen LogP contribution in [0.25, 0.3) is 6.20 Å². The van der Waals surface area contributed by atoms with E-state index in [2.05, 4.69) is 42.7 Å². The van der Waals surface area contributed by atoms with Crippen molar-refractivity contribution in [1.29, 1.82) is 0 Å². The van der Waals surface area contributed by atoms with Crippen molar-refractivity contribution in [1.82, 2.24) is 20.0 Å². The fraction of sp³-hybridized carbons (Fsp3) is 0.615. The molecule has 0 bridgehead atoms. The zero-order valence-electron chi connectivity index (χ0n) is 11.2. The second kappa shape index (κ2) is 7.25. The number of nitrogens with zero attached hydrogens (tertiary/aromatic N) is 3. The van der Waals surface area contributed by atoms with Crippen LogP contribution in [0.2, 0.25) is 0 Å². The van der Waals surface area contributed by atoms with Gasteiger partial charge in [-0.3, -0.25) is 0 Å². The van der Waals surface area contributed by atoms with Gasteiger partial charge in [-0.1, -0.05) is 20.4 Å². The maximum atomic E-state index is 4.15. The molecule has 0 aliphatic heterocycles. The molecule has 0 amide bonds. The second-order valence-electron chi connectivity index (χ2n) is 4.28. The van der Waals surface area contributed by atoms with E-state index in [1.54, 1.807) is 10.9 Å². The Morgan fingerprint density at radius 3 is 2.76 bits per heavy atom. The van der Waals surface area contributed by atoms with E-state index in [1.165, 1.54) is 5.56 Å².